The van der Waals surface area contributed by atoms with Crippen LogP contribution in [0.15, 0.2) is 29.3 Å². The number of rotatable bonds is 7. The van der Waals surface area contributed by atoms with Gasteiger partial charge in [0.1, 0.15) is 5.60 Å². The largest absolute Gasteiger partial charge is 0.444 e. The van der Waals surface area contributed by atoms with E-state index in [4.69, 9.17) is 4.74 Å². The zero-order chi connectivity index (χ0) is 21.3. The van der Waals surface area contributed by atoms with Crippen LogP contribution in [0.2, 0.25) is 0 Å². The van der Waals surface area contributed by atoms with Gasteiger partial charge in [-0.2, -0.15) is 0 Å². The van der Waals surface area contributed by atoms with Crippen LogP contribution in [0.25, 0.3) is 0 Å². The number of anilines is 1. The van der Waals surface area contributed by atoms with Crippen LogP contribution in [-0.2, 0) is 11.2 Å². The predicted molar refractivity (Wildman–Crippen MR) is 133 cm³/mol. The Labute approximate surface area is 197 Å². The van der Waals surface area contributed by atoms with Crippen LogP contribution in [0.1, 0.15) is 52.5 Å². The summed E-state index contributed by atoms with van der Waals surface area (Å²) in [5.41, 5.74) is 1.35. The quantitative estimate of drug-likeness (QED) is 0.243. The zero-order valence-corrected chi connectivity index (χ0v) is 20.9. The van der Waals surface area contributed by atoms with E-state index in [2.05, 4.69) is 20.9 Å². The van der Waals surface area contributed by atoms with Crippen LogP contribution in [0.5, 0.6) is 0 Å². The third-order valence-electron chi connectivity index (χ3n) is 4.75. The van der Waals surface area contributed by atoms with Crippen molar-refractivity contribution in [3.63, 3.8) is 0 Å². The van der Waals surface area contributed by atoms with Crippen LogP contribution in [0, 0.1) is 5.92 Å². The highest BCUT2D eigenvalue weighted by atomic mass is 127. The van der Waals surface area contributed by atoms with Crippen LogP contribution in [-0.4, -0.2) is 48.5 Å². The van der Waals surface area contributed by atoms with Crippen molar-refractivity contribution in [3.05, 3.63) is 29.8 Å². The molecular formula is C22H37IN4O3. The fraction of sp³-hybridized carbons (Fsp3) is 0.636. The number of hydrogen-bond donors (Lipinski definition) is 4. The number of aliphatic hydroxyl groups excluding tert-OH is 1. The first-order valence-electron chi connectivity index (χ1n) is 10.6. The molecule has 170 valence electrons. The number of ether oxygens (including phenoxy) is 1. The number of hydrogen-bond acceptors (Lipinski definition) is 4. The molecule has 1 fully saturated rings. The summed E-state index contributed by atoms with van der Waals surface area (Å²) in [6.07, 6.45) is 3.20. The molecular weight excluding hydrogens is 495 g/mol. The van der Waals surface area contributed by atoms with E-state index in [0.717, 1.165) is 50.3 Å². The number of benzene rings is 1. The highest BCUT2D eigenvalue weighted by Gasteiger charge is 2.24. The van der Waals surface area contributed by atoms with Gasteiger partial charge >= 0.3 is 6.09 Å². The number of aliphatic hydroxyl groups is 1. The molecule has 0 heterocycles. The Morgan fingerprint density at radius 3 is 2.47 bits per heavy atom. The molecule has 1 saturated carbocycles. The second-order valence-electron chi connectivity index (χ2n) is 8.48. The predicted octanol–water partition coefficient (Wildman–Crippen LogP) is 3.91. The van der Waals surface area contributed by atoms with Gasteiger partial charge < -0.3 is 20.5 Å². The van der Waals surface area contributed by atoms with Gasteiger partial charge in [-0.05, 0) is 64.7 Å². The van der Waals surface area contributed by atoms with Crippen LogP contribution in [0.4, 0.5) is 10.5 Å². The number of nitrogens with zero attached hydrogens (tertiary/aromatic N) is 1. The van der Waals surface area contributed by atoms with Crippen molar-refractivity contribution in [3.8, 4) is 0 Å². The lowest BCUT2D eigenvalue weighted by Gasteiger charge is -2.19. The highest BCUT2D eigenvalue weighted by Crippen LogP contribution is 2.25. The number of amides is 1. The van der Waals surface area contributed by atoms with Crippen LogP contribution < -0.4 is 16.0 Å². The van der Waals surface area contributed by atoms with Gasteiger partial charge in [0.05, 0.1) is 6.10 Å². The molecule has 1 aromatic rings. The average Bonchev–Trinajstić information content (AvgIpc) is 3.04. The molecule has 1 aliphatic carbocycles. The van der Waals surface area contributed by atoms with Gasteiger partial charge in [-0.25, -0.2) is 4.79 Å². The van der Waals surface area contributed by atoms with Gasteiger partial charge in [0.25, 0.3) is 0 Å². The van der Waals surface area contributed by atoms with E-state index in [9.17, 15) is 9.90 Å². The summed E-state index contributed by atoms with van der Waals surface area (Å²) in [5.74, 6) is 1.06. The number of carbonyl (C=O) groups is 1. The van der Waals surface area contributed by atoms with E-state index in [1.807, 2.05) is 52.0 Å². The molecule has 30 heavy (non-hydrogen) atoms. The van der Waals surface area contributed by atoms with Gasteiger partial charge in [0, 0.05) is 31.2 Å². The maximum Gasteiger partial charge on any atom is 0.412 e. The average molecular weight is 532 g/mol. The molecule has 0 aromatic heterocycles. The monoisotopic (exact) mass is 532 g/mol. The second-order valence-corrected chi connectivity index (χ2v) is 8.48. The molecule has 2 unspecified atom stereocenters. The Hall–Kier alpha value is -1.55. The summed E-state index contributed by atoms with van der Waals surface area (Å²) in [5, 5.41) is 19.3. The Bertz CT molecular complexity index is 674. The summed E-state index contributed by atoms with van der Waals surface area (Å²) in [4.78, 5) is 16.4. The molecule has 0 spiro atoms. The van der Waals surface area contributed by atoms with E-state index >= 15 is 0 Å². The molecule has 8 heteroatoms. The minimum Gasteiger partial charge on any atom is -0.444 e. The first kappa shape index (κ1) is 26.5. The van der Waals surface area contributed by atoms with E-state index in [0.29, 0.717) is 12.2 Å². The van der Waals surface area contributed by atoms with Crippen molar-refractivity contribution in [1.82, 2.24) is 10.6 Å². The van der Waals surface area contributed by atoms with Crippen molar-refractivity contribution in [2.75, 3.05) is 25.0 Å². The van der Waals surface area contributed by atoms with Crippen molar-refractivity contribution < 1.29 is 14.6 Å². The highest BCUT2D eigenvalue weighted by molar-refractivity contribution is 14.0. The molecule has 2 atom stereocenters. The van der Waals surface area contributed by atoms with E-state index in [1.165, 1.54) is 0 Å². The zero-order valence-electron chi connectivity index (χ0n) is 18.5. The number of carbonyl (C=O) groups excluding carboxylic acids is 1. The van der Waals surface area contributed by atoms with Gasteiger partial charge in [0.2, 0.25) is 0 Å². The Morgan fingerprint density at radius 1 is 1.20 bits per heavy atom. The number of nitrogens with one attached hydrogen (secondary N) is 3. The first-order valence-corrected chi connectivity index (χ1v) is 10.6. The molecule has 0 aliphatic heterocycles. The fourth-order valence-corrected chi connectivity index (χ4v) is 3.28. The summed E-state index contributed by atoms with van der Waals surface area (Å²) in [6.45, 7) is 9.75. The molecule has 1 aromatic carbocycles. The van der Waals surface area contributed by atoms with Crippen molar-refractivity contribution in [1.29, 1.82) is 0 Å². The molecule has 1 aliphatic rings. The first-order chi connectivity index (χ1) is 13.8. The topological polar surface area (TPSA) is 95.0 Å². The lowest BCUT2D eigenvalue weighted by molar-refractivity contribution is 0.0636. The van der Waals surface area contributed by atoms with Crippen molar-refractivity contribution in [2.24, 2.45) is 10.9 Å². The molecule has 4 N–H and O–H groups in total. The molecule has 0 saturated heterocycles. The number of aliphatic imine (C=N–C) groups is 1. The maximum absolute atomic E-state index is 11.8. The van der Waals surface area contributed by atoms with Gasteiger partial charge in [-0.15, -0.1) is 24.0 Å². The maximum atomic E-state index is 11.8. The summed E-state index contributed by atoms with van der Waals surface area (Å²) < 4.78 is 5.26. The molecule has 0 bridgehead atoms. The Morgan fingerprint density at radius 2 is 1.90 bits per heavy atom. The van der Waals surface area contributed by atoms with Crippen molar-refractivity contribution in [2.45, 2.75) is 65.1 Å². The normalized spacial score (nSPS) is 19.0. The third kappa shape index (κ3) is 9.97. The molecule has 0 radical (unpaired) electrons. The summed E-state index contributed by atoms with van der Waals surface area (Å²) >= 11 is 0. The van der Waals surface area contributed by atoms with E-state index in [1.54, 1.807) is 0 Å². The minimum atomic E-state index is -0.517. The summed E-state index contributed by atoms with van der Waals surface area (Å²) in [6, 6.07) is 7.74. The standard InChI is InChI=1S/C22H36N4O3.HI/c1-5-23-20(25-15-17-7-6-8-19(17)27)24-14-13-16-9-11-18(12-10-16)26-21(28)29-22(2,3)4;/h9-12,17,19,27H,5-8,13-15H2,1-4H3,(H,26,28)(H2,23,24,25);1H. The minimum absolute atomic E-state index is 0. The lowest BCUT2D eigenvalue weighted by atomic mass is 10.1. The molecule has 7 nitrogen and oxygen atoms in total. The Balaban J connectivity index is 0.00000450. The number of halogens is 1. The van der Waals surface area contributed by atoms with Gasteiger partial charge in [-0.1, -0.05) is 18.6 Å². The molecule has 2 rings (SSSR count). The smallest absolute Gasteiger partial charge is 0.412 e. The van der Waals surface area contributed by atoms with Gasteiger partial charge in [0.15, 0.2) is 5.96 Å². The van der Waals surface area contributed by atoms with E-state index in [-0.39, 0.29) is 36.0 Å². The molecule has 1 amide bonds. The van der Waals surface area contributed by atoms with Crippen LogP contribution in [0.3, 0.4) is 0 Å². The number of guanidine groups is 1. The van der Waals surface area contributed by atoms with E-state index < -0.39 is 11.7 Å². The third-order valence-corrected chi connectivity index (χ3v) is 4.75. The lowest BCUT2D eigenvalue weighted by Crippen LogP contribution is -2.39. The SMILES string of the molecule is CCNC(=NCC1CCCC1O)NCCc1ccc(NC(=O)OC(C)(C)C)cc1.I. The van der Waals surface area contributed by atoms with Crippen molar-refractivity contribution >= 4 is 41.7 Å². The summed E-state index contributed by atoms with van der Waals surface area (Å²) in [7, 11) is 0. The Kier molecular flexibility index (Phi) is 11.5. The fourth-order valence-electron chi connectivity index (χ4n) is 3.28. The van der Waals surface area contributed by atoms with Crippen LogP contribution >= 0.6 is 24.0 Å². The van der Waals surface area contributed by atoms with Gasteiger partial charge in [-0.3, -0.25) is 10.3 Å². The second kappa shape index (κ2) is 13.0.